The summed E-state index contributed by atoms with van der Waals surface area (Å²) in [6, 6.07) is 4.93. The van der Waals surface area contributed by atoms with Crippen LogP contribution in [-0.2, 0) is 11.3 Å². The average Bonchev–Trinajstić information content (AvgIpc) is 2.22. The normalized spacial score (nSPS) is 26.4. The van der Waals surface area contributed by atoms with Crippen LogP contribution in [-0.4, -0.2) is 6.10 Å². The second-order valence-corrected chi connectivity index (χ2v) is 7.54. The fraction of sp³-hybridized carbons (Fsp3) is 0.625. The molecule has 0 aliphatic heterocycles. The van der Waals surface area contributed by atoms with Gasteiger partial charge in [0, 0.05) is 4.47 Å². The number of halogens is 2. The zero-order valence-electron chi connectivity index (χ0n) is 11.9. The first-order valence-electron chi connectivity index (χ1n) is 6.91. The molecule has 0 aromatic heterocycles. The molecular weight excluding hydrogens is 307 g/mol. The van der Waals surface area contributed by atoms with Crippen molar-refractivity contribution in [3.05, 3.63) is 34.1 Å². The minimum atomic E-state index is -0.217. The highest BCUT2D eigenvalue weighted by molar-refractivity contribution is 9.10. The van der Waals surface area contributed by atoms with Crippen LogP contribution in [0, 0.1) is 17.2 Å². The van der Waals surface area contributed by atoms with E-state index in [-0.39, 0.29) is 5.82 Å². The van der Waals surface area contributed by atoms with E-state index in [0.29, 0.717) is 24.0 Å². The van der Waals surface area contributed by atoms with Crippen molar-refractivity contribution in [2.75, 3.05) is 0 Å². The van der Waals surface area contributed by atoms with E-state index >= 15 is 0 Å². The van der Waals surface area contributed by atoms with E-state index in [9.17, 15) is 4.39 Å². The fourth-order valence-corrected chi connectivity index (χ4v) is 3.81. The molecule has 1 aliphatic carbocycles. The lowest BCUT2D eigenvalue weighted by atomic mass is 9.71. The lowest BCUT2D eigenvalue weighted by Crippen LogP contribution is -2.32. The molecule has 0 bridgehead atoms. The minimum Gasteiger partial charge on any atom is -0.374 e. The largest absolute Gasteiger partial charge is 0.374 e. The summed E-state index contributed by atoms with van der Waals surface area (Å²) in [6.07, 6.45) is 3.76. The van der Waals surface area contributed by atoms with E-state index in [1.807, 2.05) is 6.07 Å². The van der Waals surface area contributed by atoms with Crippen molar-refractivity contribution in [2.24, 2.45) is 11.3 Å². The summed E-state index contributed by atoms with van der Waals surface area (Å²) in [4.78, 5) is 0. The Bertz CT molecular complexity index is 424. The van der Waals surface area contributed by atoms with Crippen molar-refractivity contribution in [1.29, 1.82) is 0 Å². The molecule has 1 nitrogen and oxygen atoms in total. The van der Waals surface area contributed by atoms with Crippen molar-refractivity contribution < 1.29 is 9.13 Å². The first kappa shape index (κ1) is 15.0. The van der Waals surface area contributed by atoms with Gasteiger partial charge in [-0.05, 0) is 54.4 Å². The summed E-state index contributed by atoms with van der Waals surface area (Å²) in [5.41, 5.74) is 1.24. The third-order valence-corrected chi connectivity index (χ3v) is 4.21. The van der Waals surface area contributed by atoms with Crippen LogP contribution in [0.4, 0.5) is 4.39 Å². The topological polar surface area (TPSA) is 9.23 Å². The van der Waals surface area contributed by atoms with E-state index in [0.717, 1.165) is 22.9 Å². The minimum absolute atomic E-state index is 0.217. The number of hydrogen-bond donors (Lipinski definition) is 0. The molecule has 2 unspecified atom stereocenters. The van der Waals surface area contributed by atoms with Crippen molar-refractivity contribution in [3.63, 3.8) is 0 Å². The number of benzene rings is 1. The number of rotatable bonds is 3. The Kier molecular flexibility index (Phi) is 4.67. The number of ether oxygens (including phenoxy) is 1. The highest BCUT2D eigenvalue weighted by Crippen LogP contribution is 2.39. The molecule has 0 radical (unpaired) electrons. The van der Waals surface area contributed by atoms with E-state index in [4.69, 9.17) is 4.74 Å². The maximum atomic E-state index is 13.3. The molecule has 0 amide bonds. The molecule has 0 heterocycles. The summed E-state index contributed by atoms with van der Waals surface area (Å²) < 4.78 is 20.1. The van der Waals surface area contributed by atoms with Gasteiger partial charge in [-0.1, -0.05) is 36.7 Å². The Hall–Kier alpha value is -0.410. The maximum Gasteiger partial charge on any atom is 0.124 e. The van der Waals surface area contributed by atoms with Crippen molar-refractivity contribution in [1.82, 2.24) is 0 Å². The van der Waals surface area contributed by atoms with E-state index < -0.39 is 0 Å². The van der Waals surface area contributed by atoms with Crippen LogP contribution in [0.5, 0.6) is 0 Å². The zero-order chi connectivity index (χ0) is 14.0. The second-order valence-electron chi connectivity index (χ2n) is 6.62. The lowest BCUT2D eigenvalue weighted by Gasteiger charge is -2.38. The molecule has 1 aromatic carbocycles. The monoisotopic (exact) mass is 328 g/mol. The van der Waals surface area contributed by atoms with Gasteiger partial charge in [-0.25, -0.2) is 4.39 Å². The zero-order valence-corrected chi connectivity index (χ0v) is 13.5. The van der Waals surface area contributed by atoms with Crippen LogP contribution in [0.1, 0.15) is 45.6 Å². The molecule has 1 fully saturated rings. The van der Waals surface area contributed by atoms with Gasteiger partial charge in [-0.2, -0.15) is 0 Å². The van der Waals surface area contributed by atoms with Crippen LogP contribution in [0.15, 0.2) is 22.7 Å². The van der Waals surface area contributed by atoms with Gasteiger partial charge < -0.3 is 4.74 Å². The summed E-state index contributed by atoms with van der Waals surface area (Å²) >= 11 is 3.31. The lowest BCUT2D eigenvalue weighted by molar-refractivity contribution is -0.0317. The van der Waals surface area contributed by atoms with Crippen LogP contribution in [0.25, 0.3) is 0 Å². The molecule has 1 aromatic rings. The smallest absolute Gasteiger partial charge is 0.124 e. The Labute approximate surface area is 123 Å². The third kappa shape index (κ3) is 4.57. The third-order valence-electron chi connectivity index (χ3n) is 3.75. The predicted molar refractivity (Wildman–Crippen MR) is 79.5 cm³/mol. The summed E-state index contributed by atoms with van der Waals surface area (Å²) in [7, 11) is 0. The van der Waals surface area contributed by atoms with Gasteiger partial charge in [0.05, 0.1) is 12.7 Å². The first-order chi connectivity index (χ1) is 8.84. The molecule has 2 atom stereocenters. The second kappa shape index (κ2) is 5.92. The summed E-state index contributed by atoms with van der Waals surface area (Å²) in [5, 5.41) is 0. The van der Waals surface area contributed by atoms with Crippen molar-refractivity contribution >= 4 is 15.9 Å². The van der Waals surface area contributed by atoms with E-state index in [1.54, 1.807) is 6.07 Å². The van der Waals surface area contributed by atoms with E-state index in [2.05, 4.69) is 36.7 Å². The molecule has 0 saturated heterocycles. The predicted octanol–water partition coefficient (Wildman–Crippen LogP) is 5.32. The van der Waals surface area contributed by atoms with E-state index in [1.165, 1.54) is 12.5 Å². The van der Waals surface area contributed by atoms with Gasteiger partial charge >= 0.3 is 0 Å². The highest BCUT2D eigenvalue weighted by atomic mass is 79.9. The van der Waals surface area contributed by atoms with Gasteiger partial charge in [-0.3, -0.25) is 0 Å². The summed E-state index contributed by atoms with van der Waals surface area (Å²) in [5.74, 6) is 0.485. The molecule has 2 rings (SSSR count). The molecule has 0 spiro atoms. The van der Waals surface area contributed by atoms with Crippen LogP contribution in [0.2, 0.25) is 0 Å². The Balaban J connectivity index is 1.94. The molecule has 0 N–H and O–H groups in total. The molecule has 1 aliphatic rings. The van der Waals surface area contributed by atoms with Crippen LogP contribution >= 0.6 is 15.9 Å². The fourth-order valence-electron chi connectivity index (χ4n) is 3.29. The van der Waals surface area contributed by atoms with Gasteiger partial charge in [-0.15, -0.1) is 0 Å². The van der Waals surface area contributed by atoms with Crippen LogP contribution in [0.3, 0.4) is 0 Å². The maximum absolute atomic E-state index is 13.3. The number of hydrogen-bond acceptors (Lipinski definition) is 1. The van der Waals surface area contributed by atoms with Gasteiger partial charge in [0.1, 0.15) is 5.82 Å². The Morgan fingerprint density at radius 3 is 2.68 bits per heavy atom. The molecule has 19 heavy (non-hydrogen) atoms. The van der Waals surface area contributed by atoms with Crippen LogP contribution < -0.4 is 0 Å². The molecule has 3 heteroatoms. The summed E-state index contributed by atoms with van der Waals surface area (Å²) in [6.45, 7) is 7.38. The standard InChI is InChI=1S/C16H22BrFO/c1-11-4-15(9-16(2,3)8-11)19-10-12-5-13(17)7-14(18)6-12/h5-7,11,15H,4,8-10H2,1-3H3. The SMILES string of the molecule is CC1CC(OCc2cc(F)cc(Br)c2)CC(C)(C)C1. The Morgan fingerprint density at radius 2 is 2.05 bits per heavy atom. The van der Waals surface area contributed by atoms with Crippen molar-refractivity contribution in [2.45, 2.75) is 52.7 Å². The highest BCUT2D eigenvalue weighted by Gasteiger charge is 2.32. The molecule has 106 valence electrons. The average molecular weight is 329 g/mol. The Morgan fingerprint density at radius 1 is 1.32 bits per heavy atom. The van der Waals surface area contributed by atoms with Gasteiger partial charge in [0.2, 0.25) is 0 Å². The quantitative estimate of drug-likeness (QED) is 0.729. The van der Waals surface area contributed by atoms with Crippen molar-refractivity contribution in [3.8, 4) is 0 Å². The molecular formula is C16H22BrFO. The molecule has 1 saturated carbocycles. The van der Waals surface area contributed by atoms with Gasteiger partial charge in [0.25, 0.3) is 0 Å². The first-order valence-corrected chi connectivity index (χ1v) is 7.70. The van der Waals surface area contributed by atoms with Gasteiger partial charge in [0.15, 0.2) is 0 Å².